The average molecular weight is 593 g/mol. The molecule has 2 heterocycles. The molecule has 4 aromatic carbocycles. The third kappa shape index (κ3) is 6.62. The van der Waals surface area contributed by atoms with Crippen LogP contribution < -0.4 is 9.47 Å². The summed E-state index contributed by atoms with van der Waals surface area (Å²) in [7, 11) is 0. The molecule has 0 N–H and O–H groups in total. The number of hydrogen-bond donors (Lipinski definition) is 0. The predicted molar refractivity (Wildman–Crippen MR) is 161 cm³/mol. The molecule has 216 valence electrons. The molecule has 6 rings (SSSR count). The van der Waals surface area contributed by atoms with Gasteiger partial charge in [-0.15, -0.1) is 11.8 Å². The lowest BCUT2D eigenvalue weighted by Gasteiger charge is -2.17. The Kier molecular flexibility index (Phi) is 8.24. The summed E-state index contributed by atoms with van der Waals surface area (Å²) >= 11 is 1.11. The minimum atomic E-state index is -0.704. The summed E-state index contributed by atoms with van der Waals surface area (Å²) in [6, 6.07) is 33.2. The fourth-order valence-electron chi connectivity index (χ4n) is 4.99. The van der Waals surface area contributed by atoms with Crippen LogP contribution in [0.1, 0.15) is 24.0 Å². The van der Waals surface area contributed by atoms with Crippen molar-refractivity contribution in [2.45, 2.75) is 36.4 Å². The summed E-state index contributed by atoms with van der Waals surface area (Å²) in [4.78, 5) is 54.3. The molecule has 2 aliphatic heterocycles. The normalized spacial score (nSPS) is 18.4. The highest BCUT2D eigenvalue weighted by Crippen LogP contribution is 2.35. The Labute approximate surface area is 253 Å². The van der Waals surface area contributed by atoms with Gasteiger partial charge in [0, 0.05) is 12.8 Å². The Hall–Kier alpha value is -4.89. The number of carbonyl (C=O) groups is 4. The van der Waals surface area contributed by atoms with Crippen LogP contribution >= 0.6 is 11.8 Å². The van der Waals surface area contributed by atoms with Crippen molar-refractivity contribution in [3.63, 3.8) is 0 Å². The van der Waals surface area contributed by atoms with E-state index in [0.29, 0.717) is 23.0 Å². The zero-order chi connectivity index (χ0) is 29.8. The van der Waals surface area contributed by atoms with E-state index in [1.54, 1.807) is 24.3 Å². The lowest BCUT2D eigenvalue weighted by Crippen LogP contribution is -2.33. The fourth-order valence-corrected chi connectivity index (χ4v) is 6.35. The Morgan fingerprint density at radius 3 is 1.23 bits per heavy atom. The molecule has 2 aliphatic rings. The molecule has 0 bridgehead atoms. The van der Waals surface area contributed by atoms with Crippen LogP contribution in [0.3, 0.4) is 0 Å². The van der Waals surface area contributed by atoms with Gasteiger partial charge in [0.25, 0.3) is 0 Å². The number of carbonyl (C=O) groups excluding carboxylic acids is 4. The van der Waals surface area contributed by atoms with E-state index in [-0.39, 0.29) is 49.6 Å². The Balaban J connectivity index is 1.03. The van der Waals surface area contributed by atoms with Crippen LogP contribution in [0.25, 0.3) is 0 Å². The molecule has 0 aromatic heterocycles. The van der Waals surface area contributed by atoms with Gasteiger partial charge in [0.1, 0.15) is 23.0 Å². The minimum Gasteiger partial charge on any atom is -0.457 e. The van der Waals surface area contributed by atoms with Crippen LogP contribution in [0.2, 0.25) is 0 Å². The number of ether oxygens (including phenoxy) is 2. The molecular formula is C34H28N2O6S. The molecule has 0 saturated carbocycles. The average Bonchev–Trinajstić information content (AvgIpc) is 3.44. The third-order valence-electron chi connectivity index (χ3n) is 7.22. The first kappa shape index (κ1) is 28.2. The van der Waals surface area contributed by atoms with Crippen LogP contribution in [-0.4, -0.2) is 43.9 Å². The first-order chi connectivity index (χ1) is 20.9. The molecule has 8 nitrogen and oxygen atoms in total. The molecule has 9 heteroatoms. The van der Waals surface area contributed by atoms with Gasteiger partial charge in [-0.25, -0.2) is 0 Å². The van der Waals surface area contributed by atoms with Gasteiger partial charge in [0.15, 0.2) is 0 Å². The fraction of sp³-hybridized carbons (Fsp3) is 0.176. The summed E-state index contributed by atoms with van der Waals surface area (Å²) in [5.41, 5.74) is 1.57. The smallest absolute Gasteiger partial charge is 0.243 e. The molecule has 2 unspecified atom stereocenters. The molecular weight excluding hydrogens is 564 g/mol. The molecule has 2 atom stereocenters. The van der Waals surface area contributed by atoms with Crippen molar-refractivity contribution in [3.05, 3.63) is 120 Å². The lowest BCUT2D eigenvalue weighted by atomic mass is 10.2. The highest BCUT2D eigenvalue weighted by Gasteiger charge is 2.45. The number of amides is 4. The Morgan fingerprint density at radius 2 is 0.860 bits per heavy atom. The number of para-hydroxylation sites is 2. The maximum absolute atomic E-state index is 13.2. The van der Waals surface area contributed by atoms with Gasteiger partial charge in [-0.3, -0.25) is 29.0 Å². The highest BCUT2D eigenvalue weighted by atomic mass is 32.2. The molecule has 0 radical (unpaired) electrons. The number of thioether (sulfide) groups is 1. The van der Waals surface area contributed by atoms with Crippen molar-refractivity contribution in [1.82, 2.24) is 9.80 Å². The second kappa shape index (κ2) is 12.5. The molecule has 43 heavy (non-hydrogen) atoms. The third-order valence-corrected chi connectivity index (χ3v) is 8.61. The van der Waals surface area contributed by atoms with Crippen molar-refractivity contribution in [2.75, 3.05) is 0 Å². The van der Waals surface area contributed by atoms with Crippen LogP contribution in [0.15, 0.2) is 109 Å². The second-order valence-corrected chi connectivity index (χ2v) is 11.7. The lowest BCUT2D eigenvalue weighted by molar-refractivity contribution is -0.140. The van der Waals surface area contributed by atoms with Gasteiger partial charge in [0.05, 0.1) is 23.6 Å². The standard InChI is InChI=1S/C34H28N2O6S/c37-31-19-29(33(39)35(31)21-23-11-15-27(16-12-23)41-25-7-3-1-4-8-25)43-30-20-32(38)36(34(30)40)22-24-13-17-28(18-14-24)42-26-9-5-2-6-10-26/h1-18,29-30H,19-22H2. The molecule has 0 aliphatic carbocycles. The quantitative estimate of drug-likeness (QED) is 0.210. The van der Waals surface area contributed by atoms with E-state index in [1.807, 2.05) is 84.9 Å². The highest BCUT2D eigenvalue weighted by molar-refractivity contribution is 8.02. The van der Waals surface area contributed by atoms with Crippen molar-refractivity contribution in [1.29, 1.82) is 0 Å². The number of nitrogens with zero attached hydrogens (tertiary/aromatic N) is 2. The number of benzene rings is 4. The molecule has 2 fully saturated rings. The number of rotatable bonds is 10. The van der Waals surface area contributed by atoms with Crippen LogP contribution in [0.4, 0.5) is 0 Å². The van der Waals surface area contributed by atoms with Gasteiger partial charge in [0.2, 0.25) is 23.6 Å². The van der Waals surface area contributed by atoms with E-state index in [1.165, 1.54) is 9.80 Å². The van der Waals surface area contributed by atoms with Crippen LogP contribution in [0.5, 0.6) is 23.0 Å². The summed E-state index contributed by atoms with van der Waals surface area (Å²) < 4.78 is 11.6. The monoisotopic (exact) mass is 592 g/mol. The van der Waals surface area contributed by atoms with Gasteiger partial charge in [-0.05, 0) is 59.7 Å². The van der Waals surface area contributed by atoms with E-state index < -0.39 is 10.5 Å². The van der Waals surface area contributed by atoms with E-state index in [4.69, 9.17) is 9.47 Å². The van der Waals surface area contributed by atoms with E-state index in [9.17, 15) is 19.2 Å². The summed E-state index contributed by atoms with van der Waals surface area (Å²) in [6.07, 6.45) is -0.000895. The minimum absolute atomic E-state index is 0.000448. The van der Waals surface area contributed by atoms with Gasteiger partial charge in [-0.2, -0.15) is 0 Å². The summed E-state index contributed by atoms with van der Waals surface area (Å²) in [5, 5.41) is -1.41. The number of likely N-dealkylation sites (tertiary alicyclic amines) is 2. The second-order valence-electron chi connectivity index (χ2n) is 10.3. The largest absolute Gasteiger partial charge is 0.457 e. The van der Waals surface area contributed by atoms with E-state index in [0.717, 1.165) is 22.9 Å². The predicted octanol–water partition coefficient (Wildman–Crippen LogP) is 5.96. The molecule has 4 aromatic rings. The molecule has 2 saturated heterocycles. The first-order valence-electron chi connectivity index (χ1n) is 13.9. The van der Waals surface area contributed by atoms with E-state index in [2.05, 4.69) is 0 Å². The van der Waals surface area contributed by atoms with Crippen molar-refractivity contribution in [3.8, 4) is 23.0 Å². The zero-order valence-electron chi connectivity index (χ0n) is 23.1. The summed E-state index contributed by atoms with van der Waals surface area (Å²) in [5.74, 6) is 1.45. The van der Waals surface area contributed by atoms with Gasteiger partial charge in [-0.1, -0.05) is 60.7 Å². The van der Waals surface area contributed by atoms with Crippen molar-refractivity contribution >= 4 is 35.4 Å². The van der Waals surface area contributed by atoms with Gasteiger partial charge < -0.3 is 9.47 Å². The van der Waals surface area contributed by atoms with Crippen molar-refractivity contribution < 1.29 is 28.7 Å². The summed E-state index contributed by atoms with van der Waals surface area (Å²) in [6.45, 7) is 0.266. The zero-order valence-corrected chi connectivity index (χ0v) is 23.9. The maximum Gasteiger partial charge on any atom is 0.243 e. The maximum atomic E-state index is 13.2. The molecule has 0 spiro atoms. The Bertz CT molecular complexity index is 1500. The topological polar surface area (TPSA) is 93.2 Å². The number of hydrogen-bond acceptors (Lipinski definition) is 7. The van der Waals surface area contributed by atoms with Crippen molar-refractivity contribution in [2.24, 2.45) is 0 Å². The van der Waals surface area contributed by atoms with Crippen LogP contribution in [0, 0.1) is 0 Å². The molecule has 4 amide bonds. The number of imide groups is 2. The van der Waals surface area contributed by atoms with Gasteiger partial charge >= 0.3 is 0 Å². The van der Waals surface area contributed by atoms with Crippen LogP contribution in [-0.2, 0) is 32.3 Å². The Morgan fingerprint density at radius 1 is 0.512 bits per heavy atom. The SMILES string of the molecule is O=C1CC(SC2CC(=O)N(Cc3ccc(Oc4ccccc4)cc3)C2=O)C(=O)N1Cc1ccc(Oc2ccccc2)cc1. The first-order valence-corrected chi connectivity index (χ1v) is 14.8. The van der Waals surface area contributed by atoms with E-state index >= 15 is 0 Å².